The molecule has 2 N–H and O–H groups in total. The molecule has 0 unspecified atom stereocenters. The van der Waals surface area contributed by atoms with Crippen molar-refractivity contribution in [2.45, 2.75) is 32.9 Å². The van der Waals surface area contributed by atoms with Crippen LogP contribution in [0, 0.1) is 13.8 Å². The number of pyridine rings is 1. The molecule has 1 aromatic carbocycles. The van der Waals surface area contributed by atoms with E-state index < -0.39 is 6.09 Å². The van der Waals surface area contributed by atoms with Crippen molar-refractivity contribution in [1.29, 1.82) is 0 Å². The summed E-state index contributed by atoms with van der Waals surface area (Å²) in [7, 11) is 0. The van der Waals surface area contributed by atoms with Gasteiger partial charge in [0.25, 0.3) is 0 Å². The van der Waals surface area contributed by atoms with Gasteiger partial charge in [-0.05, 0) is 38.0 Å². The summed E-state index contributed by atoms with van der Waals surface area (Å²) >= 11 is 0. The quantitative estimate of drug-likeness (QED) is 0.543. The van der Waals surface area contributed by atoms with Gasteiger partial charge in [-0.15, -0.1) is 10.2 Å². The number of fused-ring (bicyclic) bond motifs is 3. The van der Waals surface area contributed by atoms with E-state index in [1.165, 1.54) is 16.2 Å². The van der Waals surface area contributed by atoms with Gasteiger partial charge in [0, 0.05) is 31.4 Å². The van der Waals surface area contributed by atoms with E-state index in [4.69, 9.17) is 0 Å². The monoisotopic (exact) mass is 404 g/mol. The van der Waals surface area contributed by atoms with E-state index in [1.807, 2.05) is 13.0 Å². The second-order valence-electron chi connectivity index (χ2n) is 7.95. The van der Waals surface area contributed by atoms with Crippen LogP contribution in [0.1, 0.15) is 23.5 Å². The number of anilines is 1. The molecule has 0 bridgehead atoms. The number of nitrogens with one attached hydrogen (secondary N) is 1. The lowest BCUT2D eigenvalue weighted by Crippen LogP contribution is -2.30. The molecule has 1 fully saturated rings. The third-order valence-corrected chi connectivity index (χ3v) is 5.91. The Bertz CT molecular complexity index is 1240. The molecule has 1 amide bonds. The molecule has 8 nitrogen and oxygen atoms in total. The van der Waals surface area contributed by atoms with Crippen molar-refractivity contribution in [2.24, 2.45) is 0 Å². The Morgan fingerprint density at radius 3 is 2.70 bits per heavy atom. The summed E-state index contributed by atoms with van der Waals surface area (Å²) in [5, 5.41) is 21.5. The zero-order chi connectivity index (χ0) is 20.8. The summed E-state index contributed by atoms with van der Waals surface area (Å²) in [4.78, 5) is 12.7. The summed E-state index contributed by atoms with van der Waals surface area (Å²) in [6.45, 7) is 5.86. The standard InChI is InChI=1S/C22H24N6O2/c1-14-10-20-19(27(14)12-16-6-4-3-5-7-16)11-18(21-25-24-15(2)28(20)21)23-17-8-9-26(13-17)22(29)30/h3-7,10-11,17,23H,8-9,12-13H2,1-2H3,(H,29,30)/t17-/m1/s1. The molecular weight excluding hydrogens is 380 g/mol. The molecule has 0 spiro atoms. The zero-order valence-corrected chi connectivity index (χ0v) is 17.0. The first kappa shape index (κ1) is 18.5. The molecule has 1 aliphatic rings. The van der Waals surface area contributed by atoms with Crippen molar-refractivity contribution in [1.82, 2.24) is 24.1 Å². The topological polar surface area (TPSA) is 87.7 Å². The third-order valence-electron chi connectivity index (χ3n) is 5.91. The molecule has 1 aliphatic heterocycles. The Kier molecular flexibility index (Phi) is 4.34. The fraction of sp³-hybridized carbons (Fsp3) is 0.318. The fourth-order valence-corrected chi connectivity index (χ4v) is 4.39. The first-order valence-corrected chi connectivity index (χ1v) is 10.1. The number of amides is 1. The molecule has 0 radical (unpaired) electrons. The number of likely N-dealkylation sites (tertiary alicyclic amines) is 1. The number of aryl methyl sites for hydroxylation is 2. The van der Waals surface area contributed by atoms with Crippen LogP contribution in [0.2, 0.25) is 0 Å². The maximum absolute atomic E-state index is 11.3. The highest BCUT2D eigenvalue weighted by Crippen LogP contribution is 2.29. The lowest BCUT2D eigenvalue weighted by Gasteiger charge is -2.17. The van der Waals surface area contributed by atoms with Crippen LogP contribution in [0.25, 0.3) is 16.7 Å². The first-order valence-electron chi connectivity index (χ1n) is 10.1. The minimum atomic E-state index is -0.870. The van der Waals surface area contributed by atoms with Crippen LogP contribution in [0.15, 0.2) is 42.5 Å². The second-order valence-corrected chi connectivity index (χ2v) is 7.95. The van der Waals surface area contributed by atoms with Crippen molar-refractivity contribution >= 4 is 28.5 Å². The summed E-state index contributed by atoms with van der Waals surface area (Å²) in [5.74, 6) is 0.828. The number of carbonyl (C=O) groups is 1. The average Bonchev–Trinajstić information content (AvgIpc) is 3.42. The predicted molar refractivity (Wildman–Crippen MR) is 115 cm³/mol. The highest BCUT2D eigenvalue weighted by molar-refractivity contribution is 5.88. The van der Waals surface area contributed by atoms with Crippen LogP contribution in [-0.2, 0) is 6.54 Å². The van der Waals surface area contributed by atoms with Gasteiger partial charge in [0.2, 0.25) is 0 Å². The van der Waals surface area contributed by atoms with Crippen LogP contribution >= 0.6 is 0 Å². The molecule has 0 saturated carbocycles. The summed E-state index contributed by atoms with van der Waals surface area (Å²) in [5.41, 5.74) is 6.23. The second kappa shape index (κ2) is 7.05. The Balaban J connectivity index is 1.60. The van der Waals surface area contributed by atoms with E-state index in [2.05, 4.69) is 67.8 Å². The van der Waals surface area contributed by atoms with Crippen molar-refractivity contribution in [3.63, 3.8) is 0 Å². The largest absolute Gasteiger partial charge is 0.465 e. The SMILES string of the molecule is Cc1cc2c(cc(N[C@@H]3CCN(C(=O)O)C3)c3nnc(C)n32)n1Cc1ccccc1. The smallest absolute Gasteiger partial charge is 0.407 e. The van der Waals surface area contributed by atoms with Gasteiger partial charge >= 0.3 is 6.09 Å². The minimum Gasteiger partial charge on any atom is -0.465 e. The Morgan fingerprint density at radius 1 is 1.17 bits per heavy atom. The van der Waals surface area contributed by atoms with Crippen LogP contribution in [0.4, 0.5) is 10.5 Å². The molecular formula is C22H24N6O2. The van der Waals surface area contributed by atoms with Gasteiger partial charge in [-0.25, -0.2) is 4.79 Å². The van der Waals surface area contributed by atoms with Gasteiger partial charge in [-0.2, -0.15) is 0 Å². The predicted octanol–water partition coefficient (Wildman–Crippen LogP) is 3.51. The molecule has 3 aromatic heterocycles. The average molecular weight is 404 g/mol. The Hall–Kier alpha value is -3.55. The van der Waals surface area contributed by atoms with Gasteiger partial charge in [0.15, 0.2) is 5.65 Å². The molecule has 8 heteroatoms. The normalized spacial score (nSPS) is 16.6. The summed E-state index contributed by atoms with van der Waals surface area (Å²) in [6.07, 6.45) is -0.0983. The minimum absolute atomic E-state index is 0.0537. The lowest BCUT2D eigenvalue weighted by atomic mass is 10.2. The fourth-order valence-electron chi connectivity index (χ4n) is 4.39. The first-order chi connectivity index (χ1) is 14.5. The number of rotatable bonds is 4. The zero-order valence-electron chi connectivity index (χ0n) is 17.0. The summed E-state index contributed by atoms with van der Waals surface area (Å²) in [6, 6.07) is 14.7. The van der Waals surface area contributed by atoms with Gasteiger partial charge in [0.05, 0.1) is 16.7 Å². The Morgan fingerprint density at radius 2 is 1.97 bits per heavy atom. The lowest BCUT2D eigenvalue weighted by molar-refractivity contribution is 0.155. The number of nitrogens with zero attached hydrogens (tertiary/aromatic N) is 5. The van der Waals surface area contributed by atoms with E-state index in [1.54, 1.807) is 0 Å². The maximum Gasteiger partial charge on any atom is 0.407 e. The van der Waals surface area contributed by atoms with Crippen LogP contribution in [0.3, 0.4) is 0 Å². The van der Waals surface area contributed by atoms with E-state index in [-0.39, 0.29) is 6.04 Å². The van der Waals surface area contributed by atoms with Gasteiger partial charge in [0.1, 0.15) is 5.82 Å². The van der Waals surface area contributed by atoms with Crippen molar-refractivity contribution in [3.05, 3.63) is 59.5 Å². The number of benzene rings is 1. The molecule has 4 aromatic rings. The molecule has 1 saturated heterocycles. The van der Waals surface area contributed by atoms with E-state index in [9.17, 15) is 9.90 Å². The molecule has 4 heterocycles. The van der Waals surface area contributed by atoms with Crippen LogP contribution in [-0.4, -0.2) is 54.4 Å². The van der Waals surface area contributed by atoms with Crippen molar-refractivity contribution in [2.75, 3.05) is 18.4 Å². The molecule has 30 heavy (non-hydrogen) atoms. The van der Waals surface area contributed by atoms with Crippen molar-refractivity contribution in [3.8, 4) is 0 Å². The van der Waals surface area contributed by atoms with Crippen molar-refractivity contribution < 1.29 is 9.90 Å². The highest BCUT2D eigenvalue weighted by atomic mass is 16.4. The van der Waals surface area contributed by atoms with Crippen LogP contribution in [0.5, 0.6) is 0 Å². The van der Waals surface area contributed by atoms with Gasteiger partial charge in [-0.1, -0.05) is 30.3 Å². The molecule has 154 valence electrons. The number of aromatic nitrogens is 4. The van der Waals surface area contributed by atoms with Crippen LogP contribution < -0.4 is 5.32 Å². The molecule has 0 aliphatic carbocycles. The molecule has 1 atom stereocenters. The van der Waals surface area contributed by atoms with Gasteiger partial charge < -0.3 is 19.9 Å². The third kappa shape index (κ3) is 3.04. The summed E-state index contributed by atoms with van der Waals surface area (Å²) < 4.78 is 4.38. The van der Waals surface area contributed by atoms with Gasteiger partial charge in [-0.3, -0.25) is 4.40 Å². The van der Waals surface area contributed by atoms with E-state index in [0.29, 0.717) is 13.1 Å². The molecule has 5 rings (SSSR count). The number of hydrogen-bond donors (Lipinski definition) is 2. The maximum atomic E-state index is 11.3. The number of hydrogen-bond acceptors (Lipinski definition) is 4. The van der Waals surface area contributed by atoms with E-state index >= 15 is 0 Å². The highest BCUT2D eigenvalue weighted by Gasteiger charge is 2.27. The Labute approximate surface area is 173 Å². The van der Waals surface area contributed by atoms with E-state index in [0.717, 1.165) is 41.2 Å². The number of carboxylic acid groups (broad SMARTS) is 1.